The maximum atomic E-state index is 16.6. The van der Waals surface area contributed by atoms with Gasteiger partial charge in [0.1, 0.15) is 5.67 Å². The van der Waals surface area contributed by atoms with E-state index in [-0.39, 0.29) is 5.97 Å². The van der Waals surface area contributed by atoms with Crippen LogP contribution in [-0.4, -0.2) is 49.5 Å². The van der Waals surface area contributed by atoms with Crippen molar-refractivity contribution in [2.24, 2.45) is 10.9 Å². The third-order valence-electron chi connectivity index (χ3n) is 8.41. The molecule has 0 aromatic carbocycles. The highest BCUT2D eigenvalue weighted by atomic mass is 19.1. The van der Waals surface area contributed by atoms with Crippen molar-refractivity contribution in [2.75, 3.05) is 26.7 Å². The normalized spacial score (nSPS) is 21.0. The van der Waals surface area contributed by atoms with Crippen LogP contribution in [0, 0.1) is 5.92 Å². The summed E-state index contributed by atoms with van der Waals surface area (Å²) in [6.45, 7) is 18.9. The number of nitrogens with zero attached hydrogens (tertiary/aromatic N) is 2. The van der Waals surface area contributed by atoms with Crippen LogP contribution in [0.1, 0.15) is 79.1 Å². The highest BCUT2D eigenvalue weighted by Gasteiger charge is 2.32. The number of unbranched alkanes of at least 4 members (excludes halogenated alkanes) is 1. The molecular weight excluding hydrogens is 559 g/mol. The maximum Gasteiger partial charge on any atom is 0.333 e. The summed E-state index contributed by atoms with van der Waals surface area (Å²) < 4.78 is 21.8. The largest absolute Gasteiger partial charge is 0.463 e. The van der Waals surface area contributed by atoms with Crippen LogP contribution in [0.4, 0.5) is 4.39 Å². The number of aliphatic imine (C=N–C) groups is 1. The van der Waals surface area contributed by atoms with E-state index in [2.05, 4.69) is 68.1 Å². The van der Waals surface area contributed by atoms with Gasteiger partial charge in [0.2, 0.25) is 0 Å². The minimum atomic E-state index is -1.43. The van der Waals surface area contributed by atoms with Gasteiger partial charge >= 0.3 is 5.97 Å². The van der Waals surface area contributed by atoms with Gasteiger partial charge in [-0.2, -0.15) is 0 Å². The molecule has 1 atom stereocenters. The molecule has 0 radical (unpaired) electrons. The van der Waals surface area contributed by atoms with Crippen LogP contribution in [0.25, 0.3) is 0 Å². The SMILES string of the molecule is C=C1C=CC([C@@](F)(C/C=C/C(C)C)CCCC)=CC=C1C1=CCC(=C)C(/C(=C\C=NC)N2CC/C=C(\C(=O)OCC)CCC2)=C1. The molecule has 0 unspecified atom stereocenters. The standard InChI is InChI=1S/C40H53FN2O2/c1-8-10-24-40(41,25-11-14-30(3)4)35-20-18-31(5)36(22-21-35)34-19-17-32(6)37(29-34)38(23-26-42-7)43-27-12-15-33(16-13-28-43)39(44)45-9-2/h11,14-15,18-23,26,29-30H,5-6,8-10,12-13,16-17,24-25,27-28H2,1-4,7H3/b14-11+,33-15-,38-23+,42-26?/t40-/m0/s1. The Balaban J connectivity index is 1.95. The number of rotatable bonds is 13. The van der Waals surface area contributed by atoms with E-state index in [4.69, 9.17) is 4.74 Å². The Morgan fingerprint density at radius 3 is 2.69 bits per heavy atom. The summed E-state index contributed by atoms with van der Waals surface area (Å²) in [5, 5.41) is 0. The zero-order chi connectivity index (χ0) is 32.8. The van der Waals surface area contributed by atoms with E-state index in [0.717, 1.165) is 77.9 Å². The van der Waals surface area contributed by atoms with Crippen molar-refractivity contribution >= 4 is 12.2 Å². The Bertz CT molecular complexity index is 1380. The Morgan fingerprint density at radius 2 is 1.98 bits per heavy atom. The van der Waals surface area contributed by atoms with Crippen LogP contribution in [0.2, 0.25) is 0 Å². The molecule has 4 nitrogen and oxygen atoms in total. The first-order valence-corrected chi connectivity index (χ1v) is 16.6. The highest BCUT2D eigenvalue weighted by molar-refractivity contribution is 5.88. The first-order valence-electron chi connectivity index (χ1n) is 16.6. The topological polar surface area (TPSA) is 41.9 Å². The molecule has 0 saturated heterocycles. The van der Waals surface area contributed by atoms with Crippen molar-refractivity contribution < 1.29 is 13.9 Å². The van der Waals surface area contributed by atoms with Gasteiger partial charge in [-0.15, -0.1) is 0 Å². The summed E-state index contributed by atoms with van der Waals surface area (Å²) in [6.07, 6.45) is 27.8. The number of carbonyl (C=O) groups excluding carboxylic acids is 1. The fourth-order valence-corrected chi connectivity index (χ4v) is 5.88. The zero-order valence-electron chi connectivity index (χ0n) is 28.2. The molecule has 3 aliphatic rings. The van der Waals surface area contributed by atoms with Crippen LogP contribution in [-0.2, 0) is 9.53 Å². The Hall–Kier alpha value is -3.73. The highest BCUT2D eigenvalue weighted by Crippen LogP contribution is 2.38. The van der Waals surface area contributed by atoms with Crippen LogP contribution in [0.5, 0.6) is 0 Å². The first kappa shape index (κ1) is 35.7. The second-order valence-electron chi connectivity index (χ2n) is 12.3. The molecule has 1 heterocycles. The molecule has 0 saturated carbocycles. The Kier molecular flexibility index (Phi) is 14.0. The summed E-state index contributed by atoms with van der Waals surface area (Å²) in [5.41, 5.74) is 6.10. The second-order valence-corrected chi connectivity index (χ2v) is 12.3. The van der Waals surface area contributed by atoms with Crippen molar-refractivity contribution in [1.29, 1.82) is 0 Å². The van der Waals surface area contributed by atoms with Crippen molar-refractivity contribution in [2.45, 2.75) is 84.7 Å². The van der Waals surface area contributed by atoms with Crippen LogP contribution in [0.15, 0.2) is 124 Å². The molecule has 2 aliphatic carbocycles. The summed E-state index contributed by atoms with van der Waals surface area (Å²) >= 11 is 0. The predicted molar refractivity (Wildman–Crippen MR) is 189 cm³/mol. The van der Waals surface area contributed by atoms with Crippen molar-refractivity contribution in [3.8, 4) is 0 Å². The average Bonchev–Trinajstić information content (AvgIpc) is 3.19. The van der Waals surface area contributed by atoms with Crippen molar-refractivity contribution in [1.82, 2.24) is 4.90 Å². The van der Waals surface area contributed by atoms with Crippen LogP contribution in [0.3, 0.4) is 0 Å². The van der Waals surface area contributed by atoms with Gasteiger partial charge in [0.15, 0.2) is 0 Å². The summed E-state index contributed by atoms with van der Waals surface area (Å²) in [7, 11) is 1.77. The Labute approximate surface area is 271 Å². The van der Waals surface area contributed by atoms with E-state index in [9.17, 15) is 4.79 Å². The number of carbonyl (C=O) groups is 1. The maximum absolute atomic E-state index is 16.6. The average molecular weight is 613 g/mol. The quantitative estimate of drug-likeness (QED) is 0.118. The van der Waals surface area contributed by atoms with Crippen molar-refractivity contribution in [3.05, 3.63) is 119 Å². The molecule has 0 spiro atoms. The first-order chi connectivity index (χ1) is 21.6. The van der Waals surface area contributed by atoms with E-state index in [1.165, 1.54) is 0 Å². The molecule has 0 fully saturated rings. The lowest BCUT2D eigenvalue weighted by Crippen LogP contribution is -2.29. The molecule has 5 heteroatoms. The lowest BCUT2D eigenvalue weighted by molar-refractivity contribution is -0.138. The number of hydrogen-bond donors (Lipinski definition) is 0. The zero-order valence-corrected chi connectivity index (χ0v) is 28.2. The van der Waals surface area contributed by atoms with Gasteiger partial charge in [0.05, 0.1) is 6.61 Å². The van der Waals surface area contributed by atoms with Crippen LogP contribution >= 0.6 is 0 Å². The molecule has 45 heavy (non-hydrogen) atoms. The van der Waals surface area contributed by atoms with Gasteiger partial charge in [-0.25, -0.2) is 9.18 Å². The van der Waals surface area contributed by atoms with Gasteiger partial charge < -0.3 is 9.64 Å². The number of allylic oxidation sites excluding steroid dienone is 14. The van der Waals surface area contributed by atoms with Gasteiger partial charge in [0.25, 0.3) is 0 Å². The summed E-state index contributed by atoms with van der Waals surface area (Å²) in [4.78, 5) is 18.9. The Morgan fingerprint density at radius 1 is 1.18 bits per heavy atom. The number of ether oxygens (including phenoxy) is 1. The summed E-state index contributed by atoms with van der Waals surface area (Å²) in [5.74, 6) is 0.183. The molecule has 242 valence electrons. The van der Waals surface area contributed by atoms with Gasteiger partial charge in [-0.1, -0.05) is 95.4 Å². The molecule has 0 N–H and O–H groups in total. The smallest absolute Gasteiger partial charge is 0.333 e. The van der Waals surface area contributed by atoms with Gasteiger partial charge in [-0.3, -0.25) is 4.99 Å². The van der Waals surface area contributed by atoms with E-state index >= 15 is 4.39 Å². The van der Waals surface area contributed by atoms with Gasteiger partial charge in [0, 0.05) is 49.6 Å². The van der Waals surface area contributed by atoms with E-state index in [0.29, 0.717) is 43.8 Å². The lowest BCUT2D eigenvalue weighted by Gasteiger charge is -2.32. The van der Waals surface area contributed by atoms with E-state index in [1.54, 1.807) is 7.05 Å². The third kappa shape index (κ3) is 10.1. The lowest BCUT2D eigenvalue weighted by atomic mass is 9.86. The monoisotopic (exact) mass is 612 g/mol. The number of esters is 1. The summed E-state index contributed by atoms with van der Waals surface area (Å²) in [6, 6.07) is 0. The molecule has 0 aromatic heterocycles. The minimum absolute atomic E-state index is 0.205. The third-order valence-corrected chi connectivity index (χ3v) is 8.41. The van der Waals surface area contributed by atoms with Crippen LogP contribution < -0.4 is 0 Å². The minimum Gasteiger partial charge on any atom is -0.463 e. The fraction of sp³-hybridized carbons (Fsp3) is 0.450. The molecule has 1 aliphatic heterocycles. The van der Waals surface area contributed by atoms with Gasteiger partial charge in [-0.05, 0) is 85.0 Å². The second kappa shape index (κ2) is 17.7. The molecule has 0 aromatic rings. The number of hydrogen-bond acceptors (Lipinski definition) is 4. The van der Waals surface area contributed by atoms with Crippen molar-refractivity contribution in [3.63, 3.8) is 0 Å². The molecular formula is C40H53FN2O2. The molecule has 0 bridgehead atoms. The van der Waals surface area contributed by atoms with E-state index in [1.807, 2.05) is 49.6 Å². The van der Waals surface area contributed by atoms with E-state index < -0.39 is 5.67 Å². The fourth-order valence-electron chi connectivity index (χ4n) is 5.88. The molecule has 0 amide bonds. The number of halogens is 1. The molecule has 3 rings (SSSR count). The predicted octanol–water partition coefficient (Wildman–Crippen LogP) is 9.84. The number of alkyl halides is 1.